The average Bonchev–Trinajstić information content (AvgIpc) is 2.90. The molecule has 0 saturated heterocycles. The van der Waals surface area contributed by atoms with Gasteiger partial charge in [-0.1, -0.05) is 13.8 Å². The molecule has 0 radical (unpaired) electrons. The number of carbonyl (C=O) groups is 1. The third-order valence-electron chi connectivity index (χ3n) is 4.45. The van der Waals surface area contributed by atoms with Crippen molar-refractivity contribution in [2.24, 2.45) is 5.92 Å². The summed E-state index contributed by atoms with van der Waals surface area (Å²) in [6.45, 7) is 7.03. The molecule has 0 unspecified atom stereocenters. The maximum absolute atomic E-state index is 12.8. The van der Waals surface area contributed by atoms with E-state index < -0.39 is 18.1 Å². The first-order valence-corrected chi connectivity index (χ1v) is 8.45. The molecule has 1 N–H and O–H groups in total. The number of hydrogen-bond donors (Lipinski definition) is 1. The molecule has 0 aliphatic rings. The molecule has 0 aliphatic heterocycles. The first-order valence-electron chi connectivity index (χ1n) is 8.45. The number of hydrogen-bond acceptors (Lipinski definition) is 3. The van der Waals surface area contributed by atoms with Crippen molar-refractivity contribution in [1.29, 1.82) is 0 Å². The van der Waals surface area contributed by atoms with Crippen molar-refractivity contribution in [3.63, 3.8) is 0 Å². The van der Waals surface area contributed by atoms with Crippen LogP contribution < -0.4 is 0 Å². The summed E-state index contributed by atoms with van der Waals surface area (Å²) in [6.07, 6.45) is -2.34. The van der Waals surface area contributed by atoms with Crippen molar-refractivity contribution in [1.82, 2.24) is 14.8 Å². The van der Waals surface area contributed by atoms with Gasteiger partial charge < -0.3 is 5.11 Å². The molecular weight excluding hydrogens is 347 g/mol. The van der Waals surface area contributed by atoms with Crippen molar-refractivity contribution in [2.75, 3.05) is 0 Å². The number of aromatic carboxylic acids is 1. The van der Waals surface area contributed by atoms with Crippen LogP contribution in [0.25, 0.3) is 11.3 Å². The smallest absolute Gasteiger partial charge is 0.391 e. The number of nitrogens with zero attached hydrogens (tertiary/aromatic N) is 3. The van der Waals surface area contributed by atoms with Crippen LogP contribution in [0.5, 0.6) is 0 Å². The molecule has 2 aromatic heterocycles. The summed E-state index contributed by atoms with van der Waals surface area (Å²) in [5.74, 6) is -2.59. The fraction of sp³-hybridized carbons (Fsp3) is 0.500. The summed E-state index contributed by atoms with van der Waals surface area (Å²) < 4.78 is 40.0. The normalized spacial score (nSPS) is 13.0. The van der Waals surface area contributed by atoms with E-state index in [9.17, 15) is 23.1 Å². The van der Waals surface area contributed by atoms with E-state index in [1.54, 1.807) is 17.7 Å². The third kappa shape index (κ3) is 3.89. The summed E-state index contributed by atoms with van der Waals surface area (Å²) in [7, 11) is 0. The van der Waals surface area contributed by atoms with Gasteiger partial charge in [0.25, 0.3) is 0 Å². The third-order valence-corrected chi connectivity index (χ3v) is 4.45. The predicted octanol–water partition coefficient (Wildman–Crippen LogP) is 4.27. The molecule has 2 heterocycles. The van der Waals surface area contributed by atoms with Crippen LogP contribution in [-0.4, -0.2) is 32.0 Å². The quantitative estimate of drug-likeness (QED) is 0.825. The van der Waals surface area contributed by atoms with Crippen LogP contribution in [-0.2, 0) is 19.4 Å². The molecule has 0 fully saturated rings. The number of rotatable bonds is 6. The second-order valence-electron chi connectivity index (χ2n) is 6.28. The van der Waals surface area contributed by atoms with Crippen molar-refractivity contribution in [3.05, 3.63) is 34.8 Å². The minimum absolute atomic E-state index is 0.0290. The lowest BCUT2D eigenvalue weighted by atomic mass is 9.97. The van der Waals surface area contributed by atoms with E-state index in [1.165, 1.54) is 6.20 Å². The van der Waals surface area contributed by atoms with Crippen LogP contribution in [0.15, 0.2) is 12.3 Å². The average molecular weight is 369 g/mol. The van der Waals surface area contributed by atoms with Crippen LogP contribution in [0.1, 0.15) is 48.1 Å². The van der Waals surface area contributed by atoms with E-state index in [0.29, 0.717) is 35.5 Å². The number of aromatic nitrogens is 3. The number of aryl methyl sites for hydroxylation is 2. The van der Waals surface area contributed by atoms with Crippen molar-refractivity contribution in [3.8, 4) is 11.3 Å². The lowest BCUT2D eigenvalue weighted by Gasteiger charge is -2.17. The van der Waals surface area contributed by atoms with Gasteiger partial charge in [-0.15, -0.1) is 0 Å². The van der Waals surface area contributed by atoms with Gasteiger partial charge in [0.1, 0.15) is 0 Å². The molecular formula is C18H22F3N3O2. The minimum Gasteiger partial charge on any atom is -0.476 e. The molecule has 142 valence electrons. The minimum atomic E-state index is -4.26. The van der Waals surface area contributed by atoms with Gasteiger partial charge in [0.2, 0.25) is 0 Å². The van der Waals surface area contributed by atoms with E-state index >= 15 is 0 Å². The molecule has 0 aliphatic carbocycles. The number of carboxylic acids is 1. The molecule has 26 heavy (non-hydrogen) atoms. The van der Waals surface area contributed by atoms with Crippen LogP contribution in [0, 0.1) is 12.8 Å². The zero-order chi connectivity index (χ0) is 19.6. The molecule has 0 amide bonds. The fourth-order valence-corrected chi connectivity index (χ4v) is 2.92. The Balaban J connectivity index is 2.50. The number of pyridine rings is 1. The monoisotopic (exact) mass is 369 g/mol. The standard InChI is InChI=1S/C18H22F3N3O2/c1-5-12-8-13(7-10(3)18(19,20)21)22-9-14(12)16-11(4)15(17(25)26)23-24(16)6-2/h8-10H,5-7H2,1-4H3,(H,25,26)/t10-/m1/s1. The van der Waals surface area contributed by atoms with Gasteiger partial charge in [0.15, 0.2) is 5.69 Å². The molecule has 0 spiro atoms. The zero-order valence-corrected chi connectivity index (χ0v) is 15.2. The van der Waals surface area contributed by atoms with Crippen molar-refractivity contribution < 1.29 is 23.1 Å². The summed E-state index contributed by atoms with van der Waals surface area (Å²) in [6, 6.07) is 1.67. The van der Waals surface area contributed by atoms with E-state index in [2.05, 4.69) is 10.1 Å². The highest BCUT2D eigenvalue weighted by Crippen LogP contribution is 2.32. The molecule has 2 aromatic rings. The highest BCUT2D eigenvalue weighted by atomic mass is 19.4. The molecule has 0 bridgehead atoms. The van der Waals surface area contributed by atoms with Gasteiger partial charge in [-0.3, -0.25) is 9.67 Å². The van der Waals surface area contributed by atoms with Crippen molar-refractivity contribution >= 4 is 5.97 Å². The Kier molecular flexibility index (Phi) is 5.73. The molecule has 8 heteroatoms. The Morgan fingerprint density at radius 1 is 1.35 bits per heavy atom. The Morgan fingerprint density at radius 2 is 2.00 bits per heavy atom. The van der Waals surface area contributed by atoms with Gasteiger partial charge >= 0.3 is 12.1 Å². The molecule has 0 saturated carbocycles. The largest absolute Gasteiger partial charge is 0.476 e. The van der Waals surface area contributed by atoms with Gasteiger partial charge in [-0.2, -0.15) is 18.3 Å². The summed E-state index contributed by atoms with van der Waals surface area (Å²) in [5.41, 5.74) is 3.03. The van der Waals surface area contributed by atoms with E-state index in [4.69, 9.17) is 0 Å². The number of carboxylic acid groups (broad SMARTS) is 1. The number of halogens is 3. The lowest BCUT2D eigenvalue weighted by molar-refractivity contribution is -0.169. The fourth-order valence-electron chi connectivity index (χ4n) is 2.92. The van der Waals surface area contributed by atoms with E-state index in [1.807, 2.05) is 13.8 Å². The second-order valence-corrected chi connectivity index (χ2v) is 6.28. The zero-order valence-electron chi connectivity index (χ0n) is 15.2. The molecule has 0 aromatic carbocycles. The van der Waals surface area contributed by atoms with Gasteiger partial charge in [-0.25, -0.2) is 4.79 Å². The molecule has 1 atom stereocenters. The lowest BCUT2D eigenvalue weighted by Crippen LogP contribution is -2.22. The topological polar surface area (TPSA) is 68.0 Å². The highest BCUT2D eigenvalue weighted by Gasteiger charge is 2.36. The molecule has 5 nitrogen and oxygen atoms in total. The van der Waals surface area contributed by atoms with Crippen LogP contribution >= 0.6 is 0 Å². The highest BCUT2D eigenvalue weighted by molar-refractivity contribution is 5.89. The summed E-state index contributed by atoms with van der Waals surface area (Å²) in [5, 5.41) is 13.4. The van der Waals surface area contributed by atoms with Gasteiger partial charge in [0, 0.05) is 36.0 Å². The first-order chi connectivity index (χ1) is 12.1. The van der Waals surface area contributed by atoms with E-state index in [0.717, 1.165) is 12.5 Å². The van der Waals surface area contributed by atoms with Gasteiger partial charge in [0.05, 0.1) is 11.6 Å². The maximum Gasteiger partial charge on any atom is 0.391 e. The Bertz CT molecular complexity index is 813. The van der Waals surface area contributed by atoms with Crippen LogP contribution in [0.3, 0.4) is 0 Å². The first kappa shape index (κ1) is 19.9. The van der Waals surface area contributed by atoms with Crippen molar-refractivity contribution in [2.45, 2.75) is 53.3 Å². The maximum atomic E-state index is 12.8. The van der Waals surface area contributed by atoms with E-state index in [-0.39, 0.29) is 12.1 Å². The van der Waals surface area contributed by atoms with Crippen LogP contribution in [0.2, 0.25) is 0 Å². The van der Waals surface area contributed by atoms with Gasteiger partial charge in [-0.05, 0) is 31.9 Å². The molecule has 2 rings (SSSR count). The summed E-state index contributed by atoms with van der Waals surface area (Å²) >= 11 is 0. The second kappa shape index (κ2) is 7.47. The summed E-state index contributed by atoms with van der Waals surface area (Å²) in [4.78, 5) is 15.6. The SMILES string of the molecule is CCc1cc(C[C@@H](C)C(F)(F)F)ncc1-c1c(C)c(C(=O)O)nn1CC. The predicted molar refractivity (Wildman–Crippen MR) is 91.1 cm³/mol. The Hall–Kier alpha value is -2.38. The number of alkyl halides is 3. The Labute approximate surface area is 149 Å². The Morgan fingerprint density at radius 3 is 2.50 bits per heavy atom. The van der Waals surface area contributed by atoms with Crippen LogP contribution in [0.4, 0.5) is 13.2 Å².